The summed E-state index contributed by atoms with van der Waals surface area (Å²) in [6.45, 7) is 4.29. The Morgan fingerprint density at radius 2 is 1.95 bits per heavy atom. The van der Waals surface area contributed by atoms with Crippen molar-refractivity contribution < 1.29 is 4.39 Å². The molecule has 0 radical (unpaired) electrons. The van der Waals surface area contributed by atoms with Crippen molar-refractivity contribution in [3.8, 4) is 0 Å². The third kappa shape index (κ3) is 3.72. The lowest BCUT2D eigenvalue weighted by molar-refractivity contribution is 0.190. The molecule has 0 bridgehead atoms. The van der Waals surface area contributed by atoms with Gasteiger partial charge in [0.25, 0.3) is 0 Å². The normalized spacial score (nSPS) is 20.6. The van der Waals surface area contributed by atoms with E-state index in [2.05, 4.69) is 10.2 Å². The number of benzene rings is 1. The first-order valence-corrected chi connectivity index (χ1v) is 7.99. The van der Waals surface area contributed by atoms with Crippen molar-refractivity contribution in [1.82, 2.24) is 10.2 Å². The lowest BCUT2D eigenvalue weighted by Crippen LogP contribution is -2.37. The third-order valence-electron chi connectivity index (χ3n) is 4.40. The molecule has 0 amide bonds. The van der Waals surface area contributed by atoms with Crippen LogP contribution in [0.2, 0.25) is 5.02 Å². The largest absolute Gasteiger partial charge is 0.317 e. The van der Waals surface area contributed by atoms with E-state index in [1.54, 1.807) is 0 Å². The summed E-state index contributed by atoms with van der Waals surface area (Å²) in [4.78, 5) is 2.55. The molecule has 4 heteroatoms. The first kappa shape index (κ1) is 14.3. The van der Waals surface area contributed by atoms with Gasteiger partial charge in [0.15, 0.2) is 0 Å². The number of nitrogens with one attached hydrogen (secondary N) is 1. The van der Waals surface area contributed by atoms with Crippen molar-refractivity contribution in [1.29, 1.82) is 0 Å². The maximum absolute atomic E-state index is 13.1. The number of rotatable bonds is 5. The molecule has 0 spiro atoms. The molecule has 1 saturated heterocycles. The Morgan fingerprint density at radius 3 is 2.60 bits per heavy atom. The second-order valence-electron chi connectivity index (χ2n) is 6.09. The Labute approximate surface area is 125 Å². The molecule has 2 fully saturated rings. The molecule has 2 nitrogen and oxygen atoms in total. The minimum Gasteiger partial charge on any atom is -0.317 e. The van der Waals surface area contributed by atoms with Crippen LogP contribution in [0.5, 0.6) is 0 Å². The maximum atomic E-state index is 13.1. The van der Waals surface area contributed by atoms with Crippen molar-refractivity contribution >= 4 is 11.6 Å². The van der Waals surface area contributed by atoms with Crippen LogP contribution in [0.4, 0.5) is 4.39 Å². The Bertz CT molecular complexity index is 456. The number of hydrogen-bond acceptors (Lipinski definition) is 2. The molecule has 1 aromatic carbocycles. The van der Waals surface area contributed by atoms with Crippen LogP contribution in [0, 0.1) is 11.7 Å². The van der Waals surface area contributed by atoms with Crippen molar-refractivity contribution in [2.45, 2.75) is 38.3 Å². The molecule has 1 heterocycles. The van der Waals surface area contributed by atoms with Gasteiger partial charge < -0.3 is 5.32 Å². The van der Waals surface area contributed by atoms with E-state index in [0.717, 1.165) is 37.7 Å². The third-order valence-corrected chi connectivity index (χ3v) is 4.76. The highest BCUT2D eigenvalue weighted by molar-refractivity contribution is 6.31. The van der Waals surface area contributed by atoms with Gasteiger partial charge in [-0.1, -0.05) is 17.7 Å². The highest BCUT2D eigenvalue weighted by Gasteiger charge is 2.31. The molecule has 1 aromatic rings. The zero-order valence-electron chi connectivity index (χ0n) is 11.7. The summed E-state index contributed by atoms with van der Waals surface area (Å²) in [6.07, 6.45) is 5.12. The van der Waals surface area contributed by atoms with Gasteiger partial charge in [-0.05, 0) is 62.4 Å². The molecule has 3 rings (SSSR count). The number of hydrogen-bond donors (Lipinski definition) is 1. The smallest absolute Gasteiger partial charge is 0.124 e. The van der Waals surface area contributed by atoms with Crippen LogP contribution in [-0.2, 0) is 6.54 Å². The number of halogens is 2. The number of nitrogens with zero attached hydrogens (tertiary/aromatic N) is 1. The molecule has 0 atom stereocenters. The van der Waals surface area contributed by atoms with Crippen LogP contribution >= 0.6 is 11.6 Å². The summed E-state index contributed by atoms with van der Waals surface area (Å²) >= 11 is 6.16. The van der Waals surface area contributed by atoms with E-state index in [0.29, 0.717) is 11.1 Å². The van der Waals surface area contributed by atoms with Crippen LogP contribution in [0.3, 0.4) is 0 Å². The maximum Gasteiger partial charge on any atom is 0.124 e. The highest BCUT2D eigenvalue weighted by Crippen LogP contribution is 2.31. The molecular weight excluding hydrogens is 275 g/mol. The Hall–Kier alpha value is -0.640. The monoisotopic (exact) mass is 296 g/mol. The van der Waals surface area contributed by atoms with Crippen molar-refractivity contribution in [3.05, 3.63) is 34.6 Å². The fraction of sp³-hybridized carbons (Fsp3) is 0.625. The van der Waals surface area contributed by atoms with Crippen LogP contribution in [0.15, 0.2) is 18.2 Å². The van der Waals surface area contributed by atoms with E-state index >= 15 is 0 Å². The Kier molecular flexibility index (Phi) is 4.59. The molecule has 20 heavy (non-hydrogen) atoms. The summed E-state index contributed by atoms with van der Waals surface area (Å²) in [5, 5.41) is 3.97. The molecular formula is C16H22ClFN2. The minimum absolute atomic E-state index is 0.255. The molecule has 1 N–H and O–H groups in total. The van der Waals surface area contributed by atoms with Crippen LogP contribution in [-0.4, -0.2) is 30.6 Å². The zero-order valence-corrected chi connectivity index (χ0v) is 12.5. The SMILES string of the molecule is Fc1ccc(CN(CC2CCNCC2)C2CC2)c(Cl)c1. The summed E-state index contributed by atoms with van der Waals surface area (Å²) < 4.78 is 13.1. The quantitative estimate of drug-likeness (QED) is 0.895. The average Bonchev–Trinajstić information content (AvgIpc) is 3.26. The summed E-state index contributed by atoms with van der Waals surface area (Å²) in [7, 11) is 0. The van der Waals surface area contributed by atoms with Gasteiger partial charge in [0, 0.05) is 24.2 Å². The summed E-state index contributed by atoms with van der Waals surface area (Å²) in [6, 6.07) is 5.48. The van der Waals surface area contributed by atoms with E-state index < -0.39 is 0 Å². The van der Waals surface area contributed by atoms with Crippen molar-refractivity contribution in [2.75, 3.05) is 19.6 Å². The Morgan fingerprint density at radius 1 is 1.20 bits per heavy atom. The van der Waals surface area contributed by atoms with Crippen LogP contribution in [0.1, 0.15) is 31.2 Å². The second-order valence-corrected chi connectivity index (χ2v) is 6.50. The Balaban J connectivity index is 1.64. The first-order valence-electron chi connectivity index (χ1n) is 7.61. The molecule has 110 valence electrons. The standard InChI is InChI=1S/C16H22ClFN2/c17-16-9-14(18)2-1-13(16)11-20(15-3-4-15)10-12-5-7-19-8-6-12/h1-2,9,12,15,19H,3-8,10-11H2. The second kappa shape index (κ2) is 6.42. The van der Waals surface area contributed by atoms with Gasteiger partial charge in [-0.3, -0.25) is 4.90 Å². The van der Waals surface area contributed by atoms with Gasteiger partial charge in [-0.25, -0.2) is 4.39 Å². The van der Waals surface area contributed by atoms with Gasteiger partial charge in [0.2, 0.25) is 0 Å². The molecule has 1 aliphatic carbocycles. The van der Waals surface area contributed by atoms with Gasteiger partial charge in [-0.2, -0.15) is 0 Å². The first-order chi connectivity index (χ1) is 9.72. The van der Waals surface area contributed by atoms with Gasteiger partial charge in [0.05, 0.1) is 0 Å². The number of piperidine rings is 1. The predicted molar refractivity (Wildman–Crippen MR) is 80.4 cm³/mol. The molecule has 2 aliphatic rings. The molecule has 1 saturated carbocycles. The minimum atomic E-state index is -0.255. The van der Waals surface area contributed by atoms with E-state index in [1.807, 2.05) is 6.07 Å². The van der Waals surface area contributed by atoms with E-state index in [4.69, 9.17) is 11.6 Å². The molecule has 1 aliphatic heterocycles. The average molecular weight is 297 g/mol. The van der Waals surface area contributed by atoms with E-state index in [1.165, 1.54) is 37.8 Å². The van der Waals surface area contributed by atoms with Crippen LogP contribution < -0.4 is 5.32 Å². The van der Waals surface area contributed by atoms with E-state index in [9.17, 15) is 4.39 Å². The summed E-state index contributed by atoms with van der Waals surface area (Å²) in [5.41, 5.74) is 1.05. The predicted octanol–water partition coefficient (Wildman–Crippen LogP) is 3.44. The van der Waals surface area contributed by atoms with Crippen molar-refractivity contribution in [3.63, 3.8) is 0 Å². The molecule has 0 unspecified atom stereocenters. The fourth-order valence-electron chi connectivity index (χ4n) is 3.05. The zero-order chi connectivity index (χ0) is 13.9. The summed E-state index contributed by atoms with van der Waals surface area (Å²) in [5.74, 6) is 0.533. The van der Waals surface area contributed by atoms with Crippen molar-refractivity contribution in [2.24, 2.45) is 5.92 Å². The topological polar surface area (TPSA) is 15.3 Å². The van der Waals surface area contributed by atoms with E-state index in [-0.39, 0.29) is 5.82 Å². The lowest BCUT2D eigenvalue weighted by Gasteiger charge is -2.30. The van der Waals surface area contributed by atoms with Gasteiger partial charge in [0.1, 0.15) is 5.82 Å². The van der Waals surface area contributed by atoms with Gasteiger partial charge >= 0.3 is 0 Å². The van der Waals surface area contributed by atoms with Gasteiger partial charge in [-0.15, -0.1) is 0 Å². The molecule has 0 aromatic heterocycles. The fourth-order valence-corrected chi connectivity index (χ4v) is 3.27. The lowest BCUT2D eigenvalue weighted by atomic mass is 9.97. The van der Waals surface area contributed by atoms with Crippen LogP contribution in [0.25, 0.3) is 0 Å². The highest BCUT2D eigenvalue weighted by atomic mass is 35.5.